The summed E-state index contributed by atoms with van der Waals surface area (Å²) in [5.41, 5.74) is 4.20. The Balaban J connectivity index is 1.42. The first-order chi connectivity index (χ1) is 19.7. The first kappa shape index (κ1) is 28.2. The third-order valence-corrected chi connectivity index (χ3v) is 7.51. The summed E-state index contributed by atoms with van der Waals surface area (Å²) < 4.78 is 26.2. The standard InChI is InChI=1S/C35H38O5/c1-26-31(36)33(38-23-28-16-8-3-9-17-28)35(40-25-30-20-12-5-13-21-30)34(39-24-29-18-10-4-11-19-29)32(26)37-22-27-14-6-2-7-15-27/h2-21,26,31-36H,22-25H2,1H3/t26-,31-,32-,33+,34-,35-/m0/s1. The SMILES string of the molecule is C[C@H]1[C@H](O)[C@@H](OCc2ccccc2)[C@H](OCc2ccccc2)[C@@H](OCc2ccccc2)[C@H]1OCc1ccccc1. The third-order valence-electron chi connectivity index (χ3n) is 7.51. The Morgan fingerprint density at radius 1 is 0.425 bits per heavy atom. The molecule has 0 heterocycles. The van der Waals surface area contributed by atoms with Crippen LogP contribution in [-0.4, -0.2) is 35.6 Å². The normalized spacial score (nSPS) is 24.6. The van der Waals surface area contributed by atoms with Gasteiger partial charge in [-0.25, -0.2) is 0 Å². The smallest absolute Gasteiger partial charge is 0.115 e. The zero-order chi connectivity index (χ0) is 27.6. The van der Waals surface area contributed by atoms with Crippen LogP contribution in [0, 0.1) is 5.92 Å². The molecule has 0 amide bonds. The zero-order valence-electron chi connectivity index (χ0n) is 22.9. The maximum absolute atomic E-state index is 11.6. The molecule has 1 saturated carbocycles. The molecule has 40 heavy (non-hydrogen) atoms. The van der Waals surface area contributed by atoms with Crippen LogP contribution in [0.3, 0.4) is 0 Å². The highest BCUT2D eigenvalue weighted by atomic mass is 16.6. The maximum atomic E-state index is 11.6. The van der Waals surface area contributed by atoms with E-state index >= 15 is 0 Å². The van der Waals surface area contributed by atoms with E-state index in [4.69, 9.17) is 18.9 Å². The Morgan fingerprint density at radius 2 is 0.700 bits per heavy atom. The summed E-state index contributed by atoms with van der Waals surface area (Å²) in [5, 5.41) is 11.6. The van der Waals surface area contributed by atoms with Crippen molar-refractivity contribution in [3.63, 3.8) is 0 Å². The van der Waals surface area contributed by atoms with E-state index < -0.39 is 30.5 Å². The molecule has 0 aromatic heterocycles. The van der Waals surface area contributed by atoms with E-state index in [1.165, 1.54) is 0 Å². The van der Waals surface area contributed by atoms with Crippen LogP contribution in [-0.2, 0) is 45.4 Å². The fourth-order valence-electron chi connectivity index (χ4n) is 5.25. The number of benzene rings is 4. The van der Waals surface area contributed by atoms with Crippen molar-refractivity contribution in [3.05, 3.63) is 144 Å². The zero-order valence-corrected chi connectivity index (χ0v) is 22.9. The summed E-state index contributed by atoms with van der Waals surface area (Å²) in [6, 6.07) is 40.2. The van der Waals surface area contributed by atoms with Crippen LogP contribution in [0.5, 0.6) is 0 Å². The van der Waals surface area contributed by atoms with Gasteiger partial charge in [0.15, 0.2) is 0 Å². The second kappa shape index (κ2) is 14.4. The fraction of sp³-hybridized carbons (Fsp3) is 0.314. The van der Waals surface area contributed by atoms with Crippen LogP contribution in [0.15, 0.2) is 121 Å². The monoisotopic (exact) mass is 538 g/mol. The van der Waals surface area contributed by atoms with Crippen molar-refractivity contribution in [2.45, 2.75) is 63.9 Å². The van der Waals surface area contributed by atoms with Gasteiger partial charge in [-0.3, -0.25) is 0 Å². The highest BCUT2D eigenvalue weighted by molar-refractivity contribution is 5.17. The van der Waals surface area contributed by atoms with E-state index in [2.05, 4.69) is 0 Å². The molecule has 5 rings (SSSR count). The van der Waals surface area contributed by atoms with Crippen LogP contribution < -0.4 is 0 Å². The van der Waals surface area contributed by atoms with Crippen molar-refractivity contribution < 1.29 is 24.1 Å². The number of aliphatic hydroxyl groups is 1. The summed E-state index contributed by atoms with van der Waals surface area (Å²) in [4.78, 5) is 0. The summed E-state index contributed by atoms with van der Waals surface area (Å²) in [5.74, 6) is -0.248. The van der Waals surface area contributed by atoms with Crippen molar-refractivity contribution in [1.29, 1.82) is 0 Å². The first-order valence-electron chi connectivity index (χ1n) is 14.0. The average Bonchev–Trinajstić information content (AvgIpc) is 3.01. The predicted molar refractivity (Wildman–Crippen MR) is 155 cm³/mol. The van der Waals surface area contributed by atoms with Crippen molar-refractivity contribution in [1.82, 2.24) is 0 Å². The quantitative estimate of drug-likeness (QED) is 0.228. The molecule has 0 radical (unpaired) electrons. The van der Waals surface area contributed by atoms with Crippen molar-refractivity contribution in [2.24, 2.45) is 5.92 Å². The van der Waals surface area contributed by atoms with Gasteiger partial charge in [-0.1, -0.05) is 128 Å². The predicted octanol–water partition coefficient (Wildman–Crippen LogP) is 6.34. The van der Waals surface area contributed by atoms with E-state index in [1.54, 1.807) is 0 Å². The number of hydrogen-bond donors (Lipinski definition) is 1. The van der Waals surface area contributed by atoms with Gasteiger partial charge in [-0.15, -0.1) is 0 Å². The van der Waals surface area contributed by atoms with Gasteiger partial charge in [0.05, 0.1) is 38.6 Å². The molecule has 1 aliphatic carbocycles. The topological polar surface area (TPSA) is 57.2 Å². The molecule has 0 saturated heterocycles. The number of hydrogen-bond acceptors (Lipinski definition) is 5. The molecule has 0 spiro atoms. The largest absolute Gasteiger partial charge is 0.390 e. The van der Waals surface area contributed by atoms with E-state index in [-0.39, 0.29) is 5.92 Å². The van der Waals surface area contributed by atoms with Crippen LogP contribution in [0.1, 0.15) is 29.2 Å². The second-order valence-electron chi connectivity index (χ2n) is 10.4. The second-order valence-corrected chi connectivity index (χ2v) is 10.4. The van der Waals surface area contributed by atoms with Gasteiger partial charge >= 0.3 is 0 Å². The molecule has 0 aliphatic heterocycles. The minimum Gasteiger partial charge on any atom is -0.390 e. The lowest BCUT2D eigenvalue weighted by Crippen LogP contribution is -2.63. The molecule has 5 nitrogen and oxygen atoms in total. The first-order valence-corrected chi connectivity index (χ1v) is 14.0. The lowest BCUT2D eigenvalue weighted by molar-refractivity contribution is -0.258. The lowest BCUT2D eigenvalue weighted by atomic mass is 9.78. The van der Waals surface area contributed by atoms with E-state index in [0.717, 1.165) is 22.3 Å². The molecule has 1 N–H and O–H groups in total. The Labute approximate surface area is 237 Å². The summed E-state index contributed by atoms with van der Waals surface area (Å²) in [7, 11) is 0. The molecule has 1 aliphatic rings. The van der Waals surface area contributed by atoms with E-state index in [1.807, 2.05) is 128 Å². The van der Waals surface area contributed by atoms with Gasteiger partial charge in [0, 0.05) is 5.92 Å². The molecule has 4 aromatic carbocycles. The van der Waals surface area contributed by atoms with E-state index in [0.29, 0.717) is 26.4 Å². The number of rotatable bonds is 12. The summed E-state index contributed by atoms with van der Waals surface area (Å²) in [6.45, 7) is 3.55. The Bertz CT molecular complexity index is 1150. The van der Waals surface area contributed by atoms with Gasteiger partial charge in [0.1, 0.15) is 18.3 Å². The third kappa shape index (κ3) is 7.45. The Morgan fingerprint density at radius 3 is 1.05 bits per heavy atom. The van der Waals surface area contributed by atoms with E-state index in [9.17, 15) is 5.11 Å². The van der Waals surface area contributed by atoms with Crippen molar-refractivity contribution >= 4 is 0 Å². The van der Waals surface area contributed by atoms with Crippen LogP contribution in [0.2, 0.25) is 0 Å². The Hall–Kier alpha value is -3.32. The molecule has 0 unspecified atom stereocenters. The fourth-order valence-corrected chi connectivity index (χ4v) is 5.25. The van der Waals surface area contributed by atoms with Crippen LogP contribution >= 0.6 is 0 Å². The van der Waals surface area contributed by atoms with Crippen LogP contribution in [0.25, 0.3) is 0 Å². The lowest BCUT2D eigenvalue weighted by Gasteiger charge is -2.48. The van der Waals surface area contributed by atoms with Gasteiger partial charge in [-0.05, 0) is 22.3 Å². The van der Waals surface area contributed by atoms with Crippen LogP contribution in [0.4, 0.5) is 0 Å². The minimum absolute atomic E-state index is 0.248. The molecule has 4 aromatic rings. The highest BCUT2D eigenvalue weighted by Crippen LogP contribution is 2.35. The number of aliphatic hydroxyl groups excluding tert-OH is 1. The molecule has 6 atom stereocenters. The molecule has 5 heteroatoms. The minimum atomic E-state index is -0.804. The maximum Gasteiger partial charge on any atom is 0.115 e. The molecule has 208 valence electrons. The molecular formula is C35H38O5. The molecule has 1 fully saturated rings. The van der Waals surface area contributed by atoms with Gasteiger partial charge in [0.25, 0.3) is 0 Å². The number of ether oxygens (including phenoxy) is 4. The van der Waals surface area contributed by atoms with Crippen molar-refractivity contribution in [2.75, 3.05) is 0 Å². The molecule has 0 bridgehead atoms. The summed E-state index contributed by atoms with van der Waals surface area (Å²) in [6.07, 6.45) is -2.83. The highest BCUT2D eigenvalue weighted by Gasteiger charge is 2.51. The average molecular weight is 539 g/mol. The Kier molecular flexibility index (Phi) is 10.1. The van der Waals surface area contributed by atoms with Crippen molar-refractivity contribution in [3.8, 4) is 0 Å². The molecular weight excluding hydrogens is 500 g/mol. The van der Waals surface area contributed by atoms with Gasteiger partial charge < -0.3 is 24.1 Å². The summed E-state index contributed by atoms with van der Waals surface area (Å²) >= 11 is 0. The van der Waals surface area contributed by atoms with Gasteiger partial charge in [0.2, 0.25) is 0 Å². The van der Waals surface area contributed by atoms with Gasteiger partial charge in [-0.2, -0.15) is 0 Å².